The average molecular weight is 256 g/mol. The first-order valence-corrected chi connectivity index (χ1v) is 5.01. The van der Waals surface area contributed by atoms with Crippen LogP contribution in [-0.2, 0) is 4.74 Å². The molecule has 0 aliphatic carbocycles. The summed E-state index contributed by atoms with van der Waals surface area (Å²) in [7, 11) is 1.17. The van der Waals surface area contributed by atoms with Gasteiger partial charge in [-0.15, -0.1) is 0 Å². The standard InChI is InChI=1S/C11H7ClFNO3/c1-17-11(16)8-4-5-7(13)3-2-6(12)9(5)10(15)14-8/h2-4H,1H3,(H,14,15). The summed E-state index contributed by atoms with van der Waals surface area (Å²) < 4.78 is 18.0. The lowest BCUT2D eigenvalue weighted by Crippen LogP contribution is -2.15. The average Bonchev–Trinajstić information content (AvgIpc) is 2.32. The van der Waals surface area contributed by atoms with Crippen LogP contribution < -0.4 is 5.56 Å². The number of hydrogen-bond acceptors (Lipinski definition) is 3. The third-order valence-corrected chi connectivity index (χ3v) is 2.63. The summed E-state index contributed by atoms with van der Waals surface area (Å²) in [4.78, 5) is 25.2. The zero-order valence-corrected chi connectivity index (χ0v) is 9.47. The summed E-state index contributed by atoms with van der Waals surface area (Å²) >= 11 is 5.80. The van der Waals surface area contributed by atoms with Crippen LogP contribution in [0.1, 0.15) is 10.5 Å². The number of esters is 1. The summed E-state index contributed by atoms with van der Waals surface area (Å²) in [6.07, 6.45) is 0. The van der Waals surface area contributed by atoms with Gasteiger partial charge in [-0.25, -0.2) is 9.18 Å². The van der Waals surface area contributed by atoms with Crippen LogP contribution in [0.25, 0.3) is 10.8 Å². The van der Waals surface area contributed by atoms with Crippen molar-refractivity contribution >= 4 is 28.3 Å². The number of aromatic nitrogens is 1. The number of H-pyrrole nitrogens is 1. The van der Waals surface area contributed by atoms with Gasteiger partial charge in [0.25, 0.3) is 5.56 Å². The normalized spacial score (nSPS) is 10.5. The second-order valence-electron chi connectivity index (χ2n) is 3.32. The molecule has 1 aromatic carbocycles. The van der Waals surface area contributed by atoms with Crippen molar-refractivity contribution in [2.75, 3.05) is 7.11 Å². The molecular formula is C11H7ClFNO3. The van der Waals surface area contributed by atoms with E-state index in [1.165, 1.54) is 19.2 Å². The summed E-state index contributed by atoms with van der Waals surface area (Å²) in [6.45, 7) is 0. The van der Waals surface area contributed by atoms with Crippen LogP contribution in [0.2, 0.25) is 5.02 Å². The maximum Gasteiger partial charge on any atom is 0.354 e. The molecule has 2 rings (SSSR count). The number of carbonyl (C=O) groups is 1. The van der Waals surface area contributed by atoms with E-state index in [-0.39, 0.29) is 21.5 Å². The Labute approximate surface area is 100.0 Å². The van der Waals surface area contributed by atoms with Gasteiger partial charge in [-0.3, -0.25) is 4.79 Å². The summed E-state index contributed by atoms with van der Waals surface area (Å²) in [6, 6.07) is 3.61. The van der Waals surface area contributed by atoms with Crippen LogP contribution in [0.5, 0.6) is 0 Å². The van der Waals surface area contributed by atoms with Gasteiger partial charge in [0, 0.05) is 5.39 Å². The van der Waals surface area contributed by atoms with Crippen LogP contribution in [0.4, 0.5) is 4.39 Å². The number of rotatable bonds is 1. The number of carbonyl (C=O) groups excluding carboxylic acids is 1. The highest BCUT2D eigenvalue weighted by Gasteiger charge is 2.14. The van der Waals surface area contributed by atoms with Gasteiger partial charge in [-0.05, 0) is 18.2 Å². The number of pyridine rings is 1. The molecule has 88 valence electrons. The highest BCUT2D eigenvalue weighted by molar-refractivity contribution is 6.35. The molecule has 0 atom stereocenters. The molecule has 0 spiro atoms. The molecule has 0 fully saturated rings. The lowest BCUT2D eigenvalue weighted by atomic mass is 10.1. The van der Waals surface area contributed by atoms with Gasteiger partial charge in [-0.2, -0.15) is 0 Å². The van der Waals surface area contributed by atoms with E-state index >= 15 is 0 Å². The van der Waals surface area contributed by atoms with E-state index in [0.29, 0.717) is 0 Å². The molecule has 1 aromatic heterocycles. The van der Waals surface area contributed by atoms with Crippen molar-refractivity contribution in [3.05, 3.63) is 45.1 Å². The Morgan fingerprint density at radius 1 is 1.47 bits per heavy atom. The summed E-state index contributed by atoms with van der Waals surface area (Å²) in [5, 5.41) is 0.125. The monoisotopic (exact) mass is 255 g/mol. The van der Waals surface area contributed by atoms with E-state index < -0.39 is 17.3 Å². The van der Waals surface area contributed by atoms with Crippen LogP contribution >= 0.6 is 11.6 Å². The Bertz CT molecular complexity index is 666. The quantitative estimate of drug-likeness (QED) is 0.794. The topological polar surface area (TPSA) is 59.2 Å². The molecule has 0 amide bonds. The predicted molar refractivity (Wildman–Crippen MR) is 60.9 cm³/mol. The number of ether oxygens (including phenoxy) is 1. The van der Waals surface area contributed by atoms with Crippen molar-refractivity contribution in [3.8, 4) is 0 Å². The summed E-state index contributed by atoms with van der Waals surface area (Å²) in [5.41, 5.74) is -0.751. The Morgan fingerprint density at radius 3 is 2.82 bits per heavy atom. The van der Waals surface area contributed by atoms with Gasteiger partial charge in [-0.1, -0.05) is 11.6 Å². The molecule has 0 aliphatic rings. The van der Waals surface area contributed by atoms with Crippen LogP contribution in [0.3, 0.4) is 0 Å². The fourth-order valence-corrected chi connectivity index (χ4v) is 1.78. The van der Waals surface area contributed by atoms with Gasteiger partial charge >= 0.3 is 5.97 Å². The van der Waals surface area contributed by atoms with E-state index in [0.717, 1.165) is 6.07 Å². The molecule has 1 heterocycles. The van der Waals surface area contributed by atoms with Crippen molar-refractivity contribution in [2.24, 2.45) is 0 Å². The number of methoxy groups -OCH3 is 1. The Morgan fingerprint density at radius 2 is 2.18 bits per heavy atom. The van der Waals surface area contributed by atoms with Gasteiger partial charge in [0.1, 0.15) is 11.5 Å². The van der Waals surface area contributed by atoms with Crippen molar-refractivity contribution < 1.29 is 13.9 Å². The zero-order valence-electron chi connectivity index (χ0n) is 8.71. The van der Waals surface area contributed by atoms with E-state index in [2.05, 4.69) is 9.72 Å². The lowest BCUT2D eigenvalue weighted by Gasteiger charge is -2.04. The minimum Gasteiger partial charge on any atom is -0.464 e. The van der Waals surface area contributed by atoms with E-state index in [1.807, 2.05) is 0 Å². The first-order chi connectivity index (χ1) is 8.04. The Kier molecular flexibility index (Phi) is 2.85. The molecule has 6 heteroatoms. The van der Waals surface area contributed by atoms with Crippen LogP contribution in [-0.4, -0.2) is 18.1 Å². The molecular weight excluding hydrogens is 249 g/mol. The molecule has 1 N–H and O–H groups in total. The minimum absolute atomic E-state index is 0.0124. The number of nitrogens with one attached hydrogen (secondary N) is 1. The first kappa shape index (κ1) is 11.6. The maximum absolute atomic E-state index is 13.5. The van der Waals surface area contributed by atoms with E-state index in [9.17, 15) is 14.0 Å². The molecule has 0 saturated carbocycles. The number of halogens is 2. The van der Waals surface area contributed by atoms with Crippen LogP contribution in [0.15, 0.2) is 23.0 Å². The fraction of sp³-hybridized carbons (Fsp3) is 0.0909. The minimum atomic E-state index is -0.747. The lowest BCUT2D eigenvalue weighted by molar-refractivity contribution is 0.0594. The molecule has 4 nitrogen and oxygen atoms in total. The number of hydrogen-bond donors (Lipinski definition) is 1. The van der Waals surface area contributed by atoms with Gasteiger partial charge in [0.2, 0.25) is 0 Å². The predicted octanol–water partition coefficient (Wildman–Crippen LogP) is 2.11. The van der Waals surface area contributed by atoms with Gasteiger partial charge in [0.05, 0.1) is 17.5 Å². The van der Waals surface area contributed by atoms with E-state index in [4.69, 9.17) is 11.6 Å². The smallest absolute Gasteiger partial charge is 0.354 e. The second-order valence-corrected chi connectivity index (χ2v) is 3.73. The van der Waals surface area contributed by atoms with Crippen LogP contribution in [0, 0.1) is 5.82 Å². The third-order valence-electron chi connectivity index (χ3n) is 2.31. The van der Waals surface area contributed by atoms with Crippen molar-refractivity contribution in [1.82, 2.24) is 4.98 Å². The Balaban J connectivity index is 2.87. The second kappa shape index (κ2) is 4.18. The van der Waals surface area contributed by atoms with Crippen molar-refractivity contribution in [2.45, 2.75) is 0 Å². The SMILES string of the molecule is COC(=O)c1cc2c(F)ccc(Cl)c2c(=O)[nH]1. The van der Waals surface area contributed by atoms with Gasteiger partial charge < -0.3 is 9.72 Å². The Hall–Kier alpha value is -1.88. The highest BCUT2D eigenvalue weighted by atomic mass is 35.5. The molecule has 0 unspecified atom stereocenters. The van der Waals surface area contributed by atoms with Crippen molar-refractivity contribution in [1.29, 1.82) is 0 Å². The molecule has 2 aromatic rings. The van der Waals surface area contributed by atoms with E-state index in [1.54, 1.807) is 0 Å². The largest absolute Gasteiger partial charge is 0.464 e. The third kappa shape index (κ3) is 1.89. The fourth-order valence-electron chi connectivity index (χ4n) is 1.52. The molecule has 0 saturated heterocycles. The number of benzene rings is 1. The summed E-state index contributed by atoms with van der Waals surface area (Å²) in [5.74, 6) is -1.37. The number of aromatic amines is 1. The molecule has 0 radical (unpaired) electrons. The molecule has 0 bridgehead atoms. The number of fused-ring (bicyclic) bond motifs is 1. The first-order valence-electron chi connectivity index (χ1n) is 4.64. The zero-order chi connectivity index (χ0) is 12.6. The maximum atomic E-state index is 13.5. The molecule has 17 heavy (non-hydrogen) atoms. The molecule has 0 aliphatic heterocycles. The van der Waals surface area contributed by atoms with Gasteiger partial charge in [0.15, 0.2) is 0 Å². The highest BCUT2D eigenvalue weighted by Crippen LogP contribution is 2.23. The van der Waals surface area contributed by atoms with Crippen molar-refractivity contribution in [3.63, 3.8) is 0 Å².